The van der Waals surface area contributed by atoms with E-state index < -0.39 is 0 Å². The largest absolute Gasteiger partial charge is 0.466 e. The van der Waals surface area contributed by atoms with Crippen molar-refractivity contribution < 1.29 is 9.53 Å². The van der Waals surface area contributed by atoms with Gasteiger partial charge in [-0.05, 0) is 26.2 Å². The van der Waals surface area contributed by atoms with Crippen LogP contribution in [0.4, 0.5) is 0 Å². The first-order valence-corrected chi connectivity index (χ1v) is 6.61. The number of hydrogen-bond donors (Lipinski definition) is 0. The van der Waals surface area contributed by atoms with Gasteiger partial charge in [-0.15, -0.1) is 0 Å². The van der Waals surface area contributed by atoms with Gasteiger partial charge in [0.25, 0.3) is 0 Å². The van der Waals surface area contributed by atoms with Crippen LogP contribution in [0.15, 0.2) is 0 Å². The molecule has 84 valence electrons. The number of carbonyl (C=O) groups excluding carboxylic acids is 1. The lowest BCUT2D eigenvalue weighted by atomic mass is 9.97. The van der Waals surface area contributed by atoms with E-state index in [1.54, 1.807) is 0 Å². The molecule has 0 fully saturated rings. The van der Waals surface area contributed by atoms with Gasteiger partial charge in [0.2, 0.25) is 0 Å². The number of alkyl halides is 1. The predicted octanol–water partition coefficient (Wildman–Crippen LogP) is 3.53. The van der Waals surface area contributed by atoms with Crippen LogP contribution in [0, 0.1) is 5.92 Å². The molecule has 0 aromatic heterocycles. The number of ether oxygens (including phenoxy) is 1. The molecule has 0 aliphatic carbocycles. The smallest absolute Gasteiger partial charge is 0.308 e. The molecule has 0 aromatic carbocycles. The van der Waals surface area contributed by atoms with Crippen LogP contribution >= 0.6 is 15.9 Å². The Bertz CT molecular complexity index is 140. The Hall–Kier alpha value is -0.0500. The summed E-state index contributed by atoms with van der Waals surface area (Å²) in [6, 6.07) is 0. The number of hydrogen-bond acceptors (Lipinski definition) is 2. The van der Waals surface area contributed by atoms with E-state index in [9.17, 15) is 4.79 Å². The summed E-state index contributed by atoms with van der Waals surface area (Å²) in [6.07, 6.45) is 5.23. The summed E-state index contributed by atoms with van der Waals surface area (Å²) >= 11 is 3.38. The monoisotopic (exact) mass is 264 g/mol. The van der Waals surface area contributed by atoms with Gasteiger partial charge in [0, 0.05) is 5.33 Å². The highest BCUT2D eigenvalue weighted by Crippen LogP contribution is 2.17. The molecule has 0 N–H and O–H groups in total. The molecule has 0 rings (SSSR count). The molecule has 0 bridgehead atoms. The SMILES string of the molecule is CCCC[C@@H](CCCBr)C(=O)OCC. The second-order valence-corrected chi connectivity index (χ2v) is 4.22. The minimum absolute atomic E-state index is 0.0121. The van der Waals surface area contributed by atoms with Gasteiger partial charge in [0.05, 0.1) is 12.5 Å². The highest BCUT2D eigenvalue weighted by Gasteiger charge is 2.18. The summed E-state index contributed by atoms with van der Waals surface area (Å²) < 4.78 is 5.04. The zero-order valence-electron chi connectivity index (χ0n) is 9.22. The van der Waals surface area contributed by atoms with Crippen molar-refractivity contribution in [3.8, 4) is 0 Å². The standard InChI is InChI=1S/C11H21BrO2/c1-3-5-7-10(8-6-9-12)11(13)14-4-2/h10H,3-9H2,1-2H3/t10-/m0/s1. The molecule has 14 heavy (non-hydrogen) atoms. The Morgan fingerprint density at radius 3 is 2.43 bits per heavy atom. The fraction of sp³-hybridized carbons (Fsp3) is 0.909. The van der Waals surface area contributed by atoms with Gasteiger partial charge in [0.15, 0.2) is 0 Å². The molecular weight excluding hydrogens is 244 g/mol. The molecule has 3 heteroatoms. The number of halogens is 1. The van der Waals surface area contributed by atoms with Crippen LogP contribution in [0.3, 0.4) is 0 Å². The van der Waals surface area contributed by atoms with Gasteiger partial charge >= 0.3 is 5.97 Å². The van der Waals surface area contributed by atoms with Crippen LogP contribution in [0.5, 0.6) is 0 Å². The van der Waals surface area contributed by atoms with Crippen LogP contribution in [-0.2, 0) is 9.53 Å². The molecule has 0 radical (unpaired) electrons. The van der Waals surface area contributed by atoms with Crippen molar-refractivity contribution in [2.45, 2.75) is 46.0 Å². The normalized spacial score (nSPS) is 12.5. The van der Waals surface area contributed by atoms with E-state index in [4.69, 9.17) is 4.74 Å². The predicted molar refractivity (Wildman–Crippen MR) is 62.7 cm³/mol. The number of esters is 1. The minimum atomic E-state index is -0.0121. The molecule has 0 spiro atoms. The third-order valence-electron chi connectivity index (χ3n) is 2.21. The second kappa shape index (κ2) is 9.50. The Morgan fingerprint density at radius 1 is 1.29 bits per heavy atom. The van der Waals surface area contributed by atoms with E-state index in [1.807, 2.05) is 6.92 Å². The average Bonchev–Trinajstić information content (AvgIpc) is 2.18. The second-order valence-electron chi connectivity index (χ2n) is 3.42. The number of rotatable bonds is 8. The zero-order valence-corrected chi connectivity index (χ0v) is 10.8. The van der Waals surface area contributed by atoms with Crippen molar-refractivity contribution in [3.05, 3.63) is 0 Å². The number of unbranched alkanes of at least 4 members (excludes halogenated alkanes) is 1. The van der Waals surface area contributed by atoms with E-state index in [1.165, 1.54) is 0 Å². The van der Waals surface area contributed by atoms with Crippen molar-refractivity contribution in [3.63, 3.8) is 0 Å². The third kappa shape index (κ3) is 6.41. The molecule has 0 saturated carbocycles. The molecule has 0 aliphatic rings. The molecule has 2 nitrogen and oxygen atoms in total. The lowest BCUT2D eigenvalue weighted by Crippen LogP contribution is -2.18. The molecule has 0 aromatic rings. The summed E-state index contributed by atoms with van der Waals surface area (Å²) in [6.45, 7) is 4.50. The Morgan fingerprint density at radius 2 is 1.93 bits per heavy atom. The van der Waals surface area contributed by atoms with Crippen LogP contribution < -0.4 is 0 Å². The first kappa shape index (κ1) is 13.9. The van der Waals surface area contributed by atoms with Gasteiger partial charge in [-0.1, -0.05) is 35.7 Å². The lowest BCUT2D eigenvalue weighted by molar-refractivity contribution is -0.148. The van der Waals surface area contributed by atoms with Crippen molar-refractivity contribution in [2.75, 3.05) is 11.9 Å². The zero-order chi connectivity index (χ0) is 10.8. The summed E-state index contributed by atoms with van der Waals surface area (Å²) in [7, 11) is 0. The lowest BCUT2D eigenvalue weighted by Gasteiger charge is -2.14. The fourth-order valence-corrected chi connectivity index (χ4v) is 1.74. The van der Waals surface area contributed by atoms with Crippen molar-refractivity contribution in [1.82, 2.24) is 0 Å². The van der Waals surface area contributed by atoms with Gasteiger partial charge in [-0.3, -0.25) is 4.79 Å². The topological polar surface area (TPSA) is 26.3 Å². The van der Waals surface area contributed by atoms with Gasteiger partial charge in [-0.2, -0.15) is 0 Å². The quantitative estimate of drug-likeness (QED) is 0.495. The highest BCUT2D eigenvalue weighted by molar-refractivity contribution is 9.09. The average molecular weight is 265 g/mol. The first-order chi connectivity index (χ1) is 6.76. The van der Waals surface area contributed by atoms with Crippen molar-refractivity contribution >= 4 is 21.9 Å². The summed E-state index contributed by atoms with van der Waals surface area (Å²) in [5, 5.41) is 0.967. The van der Waals surface area contributed by atoms with E-state index in [-0.39, 0.29) is 11.9 Å². The maximum Gasteiger partial charge on any atom is 0.308 e. The molecular formula is C11H21BrO2. The Kier molecular flexibility index (Phi) is 9.47. The van der Waals surface area contributed by atoms with Crippen molar-refractivity contribution in [2.24, 2.45) is 5.92 Å². The molecule has 0 unspecified atom stereocenters. The van der Waals surface area contributed by atoms with E-state index in [2.05, 4.69) is 22.9 Å². The van der Waals surface area contributed by atoms with Crippen LogP contribution in [0.25, 0.3) is 0 Å². The van der Waals surface area contributed by atoms with Gasteiger partial charge < -0.3 is 4.74 Å². The van der Waals surface area contributed by atoms with Crippen LogP contribution in [-0.4, -0.2) is 17.9 Å². The minimum Gasteiger partial charge on any atom is -0.466 e. The van der Waals surface area contributed by atoms with Gasteiger partial charge in [0.1, 0.15) is 0 Å². The Balaban J connectivity index is 3.88. The summed E-state index contributed by atoms with van der Waals surface area (Å²) in [4.78, 5) is 11.5. The maximum atomic E-state index is 11.5. The highest BCUT2D eigenvalue weighted by atomic mass is 79.9. The fourth-order valence-electron chi connectivity index (χ4n) is 1.41. The number of carbonyl (C=O) groups is 1. The Labute approximate surface area is 95.5 Å². The molecule has 0 heterocycles. The van der Waals surface area contributed by atoms with Crippen molar-refractivity contribution in [1.29, 1.82) is 0 Å². The third-order valence-corrected chi connectivity index (χ3v) is 2.77. The molecule has 0 saturated heterocycles. The van der Waals surface area contributed by atoms with Crippen LogP contribution in [0.2, 0.25) is 0 Å². The maximum absolute atomic E-state index is 11.5. The van der Waals surface area contributed by atoms with E-state index in [0.717, 1.165) is 37.4 Å². The molecule has 1 atom stereocenters. The van der Waals surface area contributed by atoms with Gasteiger partial charge in [-0.25, -0.2) is 0 Å². The van der Waals surface area contributed by atoms with E-state index in [0.29, 0.717) is 6.61 Å². The summed E-state index contributed by atoms with van der Waals surface area (Å²) in [5.41, 5.74) is 0. The van der Waals surface area contributed by atoms with E-state index >= 15 is 0 Å². The first-order valence-electron chi connectivity index (χ1n) is 5.48. The molecule has 0 aliphatic heterocycles. The summed E-state index contributed by atoms with van der Waals surface area (Å²) in [5.74, 6) is 0.106. The van der Waals surface area contributed by atoms with Crippen LogP contribution in [0.1, 0.15) is 46.0 Å². The molecule has 0 amide bonds.